The molecule has 0 spiro atoms. The molecule has 7 aromatic carbocycles. The van der Waals surface area contributed by atoms with Crippen molar-refractivity contribution in [3.05, 3.63) is 176 Å². The van der Waals surface area contributed by atoms with Gasteiger partial charge in [0, 0.05) is 97.4 Å². The van der Waals surface area contributed by atoms with Crippen LogP contribution in [0, 0.1) is 11.8 Å². The molecule has 20 N–H and O–H groups in total. The van der Waals surface area contributed by atoms with Gasteiger partial charge in [-0.1, -0.05) is 103 Å². The molecule has 0 radical (unpaired) electrons. The van der Waals surface area contributed by atoms with Gasteiger partial charge in [-0.3, -0.25) is 43.2 Å². The number of nitrogens with one attached hydrogen (secondary N) is 6. The van der Waals surface area contributed by atoms with Crippen LogP contribution in [-0.2, 0) is 87.8 Å². The monoisotopic (exact) mass is 1970 g/mol. The van der Waals surface area contributed by atoms with Gasteiger partial charge in [0.25, 0.3) is 0 Å². The van der Waals surface area contributed by atoms with Crippen LogP contribution in [0.15, 0.2) is 127 Å². The first-order valence-corrected chi connectivity index (χ1v) is 45.6. The molecule has 22 atom stereocenters. The van der Waals surface area contributed by atoms with Crippen LogP contribution in [0.5, 0.6) is 46.0 Å². The van der Waals surface area contributed by atoms with Crippen LogP contribution in [0.3, 0.4) is 0 Å². The number of aliphatic hydroxyl groups is 6. The first-order valence-electron chi connectivity index (χ1n) is 44.4. The van der Waals surface area contributed by atoms with Crippen LogP contribution in [0.2, 0.25) is 15.1 Å². The number of rotatable bonds is 26. The Balaban J connectivity index is 0.996. The van der Waals surface area contributed by atoms with E-state index in [-0.39, 0.29) is 74.3 Å². The first-order chi connectivity index (χ1) is 65.3. The molecule has 0 aliphatic carbocycles. The Bertz CT molecular complexity index is 5770. The normalized spacial score (nSPS) is 28.1. The second-order valence-electron chi connectivity index (χ2n) is 36.2. The number of nitrogens with two attached hydrogens (primary N) is 2. The molecule has 3 fully saturated rings. The lowest BCUT2D eigenvalue weighted by Gasteiger charge is -2.48. The second kappa shape index (κ2) is 43.7. The van der Waals surface area contributed by atoms with Crippen molar-refractivity contribution < 1.29 is 146 Å². The molecule has 7 amide bonds. The number of ketones is 2. The minimum Gasteiger partial charge on any atom is -0.508 e. The van der Waals surface area contributed by atoms with Crippen LogP contribution in [-0.4, -0.2) is 244 Å². The maximum Gasteiger partial charge on any atom is 0.330 e. The van der Waals surface area contributed by atoms with Crippen LogP contribution >= 0.6 is 34.8 Å². The van der Waals surface area contributed by atoms with E-state index < -0.39 is 308 Å². The number of halogens is 3. The highest BCUT2D eigenvalue weighted by Crippen LogP contribution is 2.52. The Morgan fingerprint density at radius 1 is 0.667 bits per heavy atom. The van der Waals surface area contributed by atoms with Gasteiger partial charge in [0.1, 0.15) is 102 Å². The molecule has 7 aromatic rings. The van der Waals surface area contributed by atoms with Crippen molar-refractivity contribution >= 4 is 106 Å². The van der Waals surface area contributed by atoms with Gasteiger partial charge in [-0.15, -0.1) is 0 Å². The maximum atomic E-state index is 16.9. The van der Waals surface area contributed by atoms with Gasteiger partial charge in [0.2, 0.25) is 53.4 Å². The summed E-state index contributed by atoms with van der Waals surface area (Å²) in [5, 5.41) is 133. The Morgan fingerprint density at radius 3 is 1.89 bits per heavy atom. The number of primary amides is 1. The molecule has 42 heteroatoms. The second-order valence-corrected chi connectivity index (χ2v) is 37.5. The average Bonchev–Trinajstić information content (AvgIpc) is 0.761. The third-order valence-electron chi connectivity index (χ3n) is 25.4. The minimum absolute atomic E-state index is 0.121. The average molecular weight is 1970 g/mol. The summed E-state index contributed by atoms with van der Waals surface area (Å²) in [5.41, 5.74) is 9.64. The summed E-state index contributed by atoms with van der Waals surface area (Å²) in [7, 11) is 1.26. The van der Waals surface area contributed by atoms with Crippen molar-refractivity contribution in [2.45, 2.75) is 239 Å². The van der Waals surface area contributed by atoms with E-state index >= 15 is 28.8 Å². The Morgan fingerprint density at radius 2 is 1.28 bits per heavy atom. The molecule has 138 heavy (non-hydrogen) atoms. The van der Waals surface area contributed by atoms with Crippen molar-refractivity contribution in [3.8, 4) is 68.2 Å². The van der Waals surface area contributed by atoms with Gasteiger partial charge >= 0.3 is 5.97 Å². The van der Waals surface area contributed by atoms with Crippen LogP contribution in [0.4, 0.5) is 0 Å². The summed E-state index contributed by atoms with van der Waals surface area (Å²) < 4.78 is 53.2. The zero-order valence-corrected chi connectivity index (χ0v) is 77.9. The Kier molecular flexibility index (Phi) is 32.8. The van der Waals surface area contributed by atoms with E-state index in [2.05, 4.69) is 31.9 Å². The Hall–Kier alpha value is -11.9. The molecule has 11 bridgehead atoms. The van der Waals surface area contributed by atoms with Gasteiger partial charge in [-0.05, 0) is 152 Å². The fraction of sp³-hybridized carbons (Fsp3) is 0.438. The molecular weight excluding hydrogens is 1870 g/mol. The smallest absolute Gasteiger partial charge is 0.330 e. The lowest BCUT2D eigenvalue weighted by atomic mass is 9.84. The van der Waals surface area contributed by atoms with E-state index in [1.807, 2.05) is 36.4 Å². The third kappa shape index (κ3) is 23.5. The predicted molar refractivity (Wildman–Crippen MR) is 490 cm³/mol. The Labute approximate surface area is 805 Å². The van der Waals surface area contributed by atoms with E-state index in [1.165, 1.54) is 45.2 Å². The van der Waals surface area contributed by atoms with Crippen molar-refractivity contribution in [3.63, 3.8) is 0 Å². The number of phenolic OH excluding ortho intramolecular Hbond substituents is 3. The molecule has 0 aromatic heterocycles. The molecule has 19 unspecified atom stereocenters. The van der Waals surface area contributed by atoms with Crippen molar-refractivity contribution in [2.75, 3.05) is 13.7 Å². The van der Waals surface area contributed by atoms with Crippen molar-refractivity contribution in [1.29, 1.82) is 0 Å². The summed E-state index contributed by atoms with van der Waals surface area (Å²) in [6.07, 6.45) is -26.6. The number of ether oxygens (including phenoxy) is 8. The number of hydrogen-bond acceptors (Lipinski definition) is 31. The molecule has 3 saturated heterocycles. The van der Waals surface area contributed by atoms with Gasteiger partial charge < -0.3 is 147 Å². The molecule has 8 aliphatic heterocycles. The van der Waals surface area contributed by atoms with Crippen LogP contribution in [0.25, 0.3) is 22.3 Å². The molecule has 8 aliphatic rings. The lowest BCUT2D eigenvalue weighted by molar-refractivity contribution is -0.334. The summed E-state index contributed by atoms with van der Waals surface area (Å²) >= 11 is 21.0. The number of nitrogens with zero attached hydrogens (tertiary/aromatic N) is 1. The van der Waals surface area contributed by atoms with E-state index in [1.54, 1.807) is 39.8 Å². The molecule has 15 rings (SSSR count). The number of hydrogen-bond donors (Lipinski definition) is 18. The number of carbonyl (C=O) groups is 12. The lowest BCUT2D eigenvalue weighted by Crippen LogP contribution is -2.65. The number of aliphatic carboxylic acids is 1. The highest BCUT2D eigenvalue weighted by atomic mass is 35.5. The SMILES string of the molecule is CC(C)CC(C(=O)NC1C(=O)CC(CC(N)=O)C(=O)NC2C(=O)CC3C(=O)N[C@@H](C(=O)NC(C(=O)O)c4cc(O)cc(O)c4-c4cc3ccc4O)[C@@H](O[C@@H]3CC(C)(N)C(O)C(C)O3)c3ccc(c(Cl)c3)Oc3cc2cc(c3OC2OC(CO)C(O)C(O)C2OC2CC(C)(NCc3ccc(-c4ccc(Cl)cc4)cc3)C(O)C(C)O2)Oc2ccc(cc2Cl)C1O)N(C)C(=O)CCCC(=O)NC(C=O)C=O. The summed E-state index contributed by atoms with van der Waals surface area (Å²) in [6.45, 7) is 8.73. The van der Waals surface area contributed by atoms with E-state index in [0.29, 0.717) is 5.02 Å². The summed E-state index contributed by atoms with van der Waals surface area (Å²) in [4.78, 5) is 174. The number of carbonyl (C=O) groups excluding carboxylic acids is 11. The highest BCUT2D eigenvalue weighted by Gasteiger charge is 2.54. The number of carboxylic acid groups (broad SMARTS) is 1. The molecular formula is C96H108Cl3N9O30. The maximum absolute atomic E-state index is 16.9. The quantitative estimate of drug-likeness (QED) is 0.0226. The largest absolute Gasteiger partial charge is 0.508 e. The number of amides is 7. The van der Waals surface area contributed by atoms with E-state index in [4.69, 9.17) is 84.2 Å². The minimum atomic E-state index is -2.34. The number of phenols is 3. The number of aliphatic hydroxyl groups excluding tert-OH is 6. The number of aldehydes is 2. The predicted octanol–water partition coefficient (Wildman–Crippen LogP) is 5.76. The topological polar surface area (TPSA) is 608 Å². The van der Waals surface area contributed by atoms with Crippen LogP contribution in [0.1, 0.15) is 163 Å². The number of fused-ring (bicyclic) bond motifs is 15. The fourth-order valence-electron chi connectivity index (χ4n) is 17.8. The molecule has 0 saturated carbocycles. The first kappa shape index (κ1) is 104. The van der Waals surface area contributed by atoms with Crippen molar-refractivity contribution in [1.82, 2.24) is 36.8 Å². The summed E-state index contributed by atoms with van der Waals surface area (Å²) in [5.74, 6) is -22.0. The fourth-order valence-corrected chi connectivity index (χ4v) is 18.4. The number of benzene rings is 7. The highest BCUT2D eigenvalue weighted by molar-refractivity contribution is 6.32. The molecule has 738 valence electrons. The summed E-state index contributed by atoms with van der Waals surface area (Å²) in [6, 6.07) is 16.8. The molecule has 39 nitrogen and oxygen atoms in total. The number of Topliss-reactive ketones (excluding diaryl/α,β-unsaturated/α-hetero) is 2. The van der Waals surface area contributed by atoms with Gasteiger partial charge in [0.15, 0.2) is 47.8 Å². The number of carboxylic acids is 1. The number of likely N-dealkylation sites (N-methyl/N-ethyl adjacent to an activating group) is 1. The van der Waals surface area contributed by atoms with Gasteiger partial charge in [0.05, 0.1) is 52.9 Å². The van der Waals surface area contributed by atoms with Gasteiger partial charge in [-0.25, -0.2) is 4.79 Å². The van der Waals surface area contributed by atoms with Crippen molar-refractivity contribution in [2.24, 2.45) is 23.3 Å². The van der Waals surface area contributed by atoms with Crippen LogP contribution < -0.4 is 57.6 Å². The third-order valence-corrected chi connectivity index (χ3v) is 26.3. The van der Waals surface area contributed by atoms with E-state index in [0.717, 1.165) is 76.2 Å². The standard InChI is InChI=1S/C96H108Cl3N9O30/c1-42(2)25-61(108(7)73(119)10-8-9-72(118)103-54(39-109)40-110)91(127)106-79-64(115)29-52(32-71(100)117)89(125)104-77-51-30-68(133-66-23-18-49(81(79)120)27-59(66)98)85(138-94-86(83(122)82(121)70(41-111)135-94)137-75-37-96(6,88(124)44(4)132-75)102-38-45-11-13-46(14-12-45)47-15-20-53(97)21-16-47)69(31-51)134-67-24-19-50(28-60(67)99)84(136-74-36-95(5,101)87(123)43(3)131-74)80-92(128)105-78(93(129)130)58-33-55(112)34-63(114)76(58)57-26-48(17-22-62(57)113)56(35-65(77)116)90(126)107-80/h11-24,26-28,30-31,33-34,39-40,42-44,52,54,56,61,70,74-75,77-84,86-88,94,102,111-114,120-124H,8-10,25,29,32,35-38,41,101H2,1-7H3,(H2,100,117)(H,103,118)(H,104,125)(H,105,128)(H,106,127)(H,107,126)(H,129,130)/t43?,44?,52?,56?,61?,70?,74-,75?,77?,78?,79?,80-,81?,82?,83?,84+,86?,87?,88?,94?,95?,96?/m1/s1. The zero-order valence-electron chi connectivity index (χ0n) is 75.6. The zero-order chi connectivity index (χ0) is 100. The van der Waals surface area contributed by atoms with Gasteiger partial charge in [-0.2, -0.15) is 0 Å². The van der Waals surface area contributed by atoms with E-state index in [9.17, 15) is 79.8 Å². The number of aromatic hydroxyl groups is 3. The molecule has 8 heterocycles.